The quantitative estimate of drug-likeness (QED) is 0.841. The van der Waals surface area contributed by atoms with Crippen LogP contribution in [0.5, 0.6) is 0 Å². The third-order valence-corrected chi connectivity index (χ3v) is 6.52. The van der Waals surface area contributed by atoms with Crippen molar-refractivity contribution >= 4 is 28.3 Å². The van der Waals surface area contributed by atoms with Crippen LogP contribution in [-0.4, -0.2) is 62.3 Å². The van der Waals surface area contributed by atoms with Gasteiger partial charge in [-0.3, -0.25) is 4.79 Å². The Labute approximate surface area is 153 Å². The Morgan fingerprint density at radius 1 is 1.08 bits per heavy atom. The number of hydrogen-bond acceptors (Lipinski definition) is 4. The highest BCUT2D eigenvalue weighted by Crippen LogP contribution is 2.19. The van der Waals surface area contributed by atoms with Crippen LogP contribution < -0.4 is 5.32 Å². The first-order chi connectivity index (χ1) is 11.5. The fourth-order valence-electron chi connectivity index (χ4n) is 3.19. The molecule has 1 N–H and O–H groups in total. The lowest BCUT2D eigenvalue weighted by molar-refractivity contribution is -0.135. The monoisotopic (exact) mass is 391 g/mol. The maximum Gasteiger partial charge on any atom is 0.243 e. The van der Waals surface area contributed by atoms with E-state index in [0.717, 1.165) is 37.9 Å². The Balaban J connectivity index is 0.00000225. The van der Waals surface area contributed by atoms with E-state index in [1.54, 1.807) is 4.90 Å². The highest BCUT2D eigenvalue weighted by atomic mass is 35.5. The molecule has 0 spiro atoms. The van der Waals surface area contributed by atoms with Gasteiger partial charge >= 0.3 is 0 Å². The summed E-state index contributed by atoms with van der Waals surface area (Å²) >= 11 is 0. The smallest absolute Gasteiger partial charge is 0.243 e. The van der Waals surface area contributed by atoms with Crippen molar-refractivity contribution in [2.45, 2.75) is 30.2 Å². The molecule has 0 radical (unpaired) electrons. The number of benzene rings is 1. The van der Waals surface area contributed by atoms with Gasteiger partial charge in [0.2, 0.25) is 15.9 Å². The fraction of sp³-hybridized carbons (Fsp3) is 0.562. The van der Waals surface area contributed by atoms with Gasteiger partial charge in [0.05, 0.1) is 10.9 Å². The van der Waals surface area contributed by atoms with E-state index in [-0.39, 0.29) is 42.3 Å². The highest BCUT2D eigenvalue weighted by Gasteiger charge is 2.32. The molecule has 2 heterocycles. The van der Waals surface area contributed by atoms with E-state index >= 15 is 0 Å². The first-order valence-corrected chi connectivity index (χ1v) is 9.70. The highest BCUT2D eigenvalue weighted by molar-refractivity contribution is 7.89. The van der Waals surface area contributed by atoms with E-state index in [0.29, 0.717) is 13.1 Å². The third kappa shape index (κ3) is 4.49. The maximum atomic E-state index is 13.0. The average molecular weight is 392 g/mol. The van der Waals surface area contributed by atoms with Gasteiger partial charge in [0, 0.05) is 26.2 Å². The Kier molecular flexibility index (Phi) is 6.79. The van der Waals surface area contributed by atoms with Crippen LogP contribution in [0.15, 0.2) is 29.2 Å². The van der Waals surface area contributed by atoms with Crippen LogP contribution in [0.3, 0.4) is 0 Å². The third-order valence-electron chi connectivity index (χ3n) is 4.61. The Morgan fingerprint density at radius 2 is 1.72 bits per heavy atom. The largest absolute Gasteiger partial charge is 0.339 e. The summed E-state index contributed by atoms with van der Waals surface area (Å²) in [5.41, 5.74) is 0. The Hall–Kier alpha value is -1.22. The summed E-state index contributed by atoms with van der Waals surface area (Å²) in [7, 11) is -3.64. The summed E-state index contributed by atoms with van der Waals surface area (Å²) in [4.78, 5) is 14.3. The number of halogens is 2. The minimum atomic E-state index is -3.64. The molecule has 25 heavy (non-hydrogen) atoms. The SMILES string of the molecule is Cl.O=C(C1CCCCN1)N1CCN(S(=O)(=O)c2ccc(F)cc2)CC1. The number of nitrogens with one attached hydrogen (secondary N) is 1. The van der Waals surface area contributed by atoms with E-state index in [1.807, 2.05) is 0 Å². The minimum Gasteiger partial charge on any atom is -0.339 e. The molecule has 6 nitrogen and oxygen atoms in total. The summed E-state index contributed by atoms with van der Waals surface area (Å²) in [5, 5.41) is 3.23. The van der Waals surface area contributed by atoms with Crippen molar-refractivity contribution < 1.29 is 17.6 Å². The van der Waals surface area contributed by atoms with Crippen molar-refractivity contribution in [2.75, 3.05) is 32.7 Å². The van der Waals surface area contributed by atoms with Gasteiger partial charge in [-0.05, 0) is 43.7 Å². The van der Waals surface area contributed by atoms with E-state index in [9.17, 15) is 17.6 Å². The molecule has 0 bridgehead atoms. The summed E-state index contributed by atoms with van der Waals surface area (Å²) in [5.74, 6) is -0.405. The topological polar surface area (TPSA) is 69.7 Å². The number of rotatable bonds is 3. The molecule has 140 valence electrons. The van der Waals surface area contributed by atoms with Gasteiger partial charge < -0.3 is 10.2 Å². The number of piperazine rings is 1. The van der Waals surface area contributed by atoms with Crippen molar-refractivity contribution in [3.63, 3.8) is 0 Å². The molecule has 3 rings (SSSR count). The molecule has 1 atom stereocenters. The van der Waals surface area contributed by atoms with Crippen LogP contribution in [0, 0.1) is 5.82 Å². The van der Waals surface area contributed by atoms with E-state index < -0.39 is 15.8 Å². The predicted octanol–water partition coefficient (Wildman–Crippen LogP) is 1.22. The molecule has 1 aromatic carbocycles. The van der Waals surface area contributed by atoms with Crippen LogP contribution in [0.4, 0.5) is 4.39 Å². The zero-order chi connectivity index (χ0) is 17.2. The second-order valence-electron chi connectivity index (χ2n) is 6.19. The van der Waals surface area contributed by atoms with Crippen molar-refractivity contribution in [1.29, 1.82) is 0 Å². The van der Waals surface area contributed by atoms with Gasteiger partial charge in [0.1, 0.15) is 5.82 Å². The van der Waals surface area contributed by atoms with Crippen LogP contribution >= 0.6 is 12.4 Å². The number of piperidine rings is 1. The maximum absolute atomic E-state index is 13.0. The second kappa shape index (κ2) is 8.44. The molecule has 0 saturated carbocycles. The summed E-state index contributed by atoms with van der Waals surface area (Å²) in [6.45, 7) is 2.15. The lowest BCUT2D eigenvalue weighted by atomic mass is 10.0. The molecule has 0 aliphatic carbocycles. The van der Waals surface area contributed by atoms with Crippen molar-refractivity contribution in [2.24, 2.45) is 0 Å². The van der Waals surface area contributed by atoms with E-state index in [2.05, 4.69) is 5.32 Å². The van der Waals surface area contributed by atoms with Crippen LogP contribution in [-0.2, 0) is 14.8 Å². The number of hydrogen-bond donors (Lipinski definition) is 1. The molecule has 1 unspecified atom stereocenters. The summed E-state index contributed by atoms with van der Waals surface area (Å²) < 4.78 is 39.5. The number of carbonyl (C=O) groups is 1. The average Bonchev–Trinajstić information content (AvgIpc) is 2.62. The normalized spacial score (nSPS) is 22.3. The van der Waals surface area contributed by atoms with Crippen LogP contribution in [0.1, 0.15) is 19.3 Å². The van der Waals surface area contributed by atoms with Gasteiger partial charge in [-0.15, -0.1) is 12.4 Å². The van der Waals surface area contributed by atoms with E-state index in [4.69, 9.17) is 0 Å². The van der Waals surface area contributed by atoms with Crippen molar-refractivity contribution in [1.82, 2.24) is 14.5 Å². The van der Waals surface area contributed by atoms with Gasteiger partial charge in [-0.1, -0.05) is 6.42 Å². The second-order valence-corrected chi connectivity index (χ2v) is 8.12. The Morgan fingerprint density at radius 3 is 2.28 bits per heavy atom. The number of sulfonamides is 1. The molecule has 1 aromatic rings. The van der Waals surface area contributed by atoms with Crippen LogP contribution in [0.25, 0.3) is 0 Å². The molecular weight excluding hydrogens is 369 g/mol. The Bertz CT molecular complexity index is 685. The molecule has 2 aliphatic heterocycles. The predicted molar refractivity (Wildman–Crippen MR) is 94.6 cm³/mol. The van der Waals surface area contributed by atoms with Crippen molar-refractivity contribution in [3.05, 3.63) is 30.1 Å². The summed E-state index contributed by atoms with van der Waals surface area (Å²) in [6.07, 6.45) is 2.97. The molecule has 2 saturated heterocycles. The van der Waals surface area contributed by atoms with Crippen molar-refractivity contribution in [3.8, 4) is 0 Å². The first-order valence-electron chi connectivity index (χ1n) is 8.26. The standard InChI is InChI=1S/C16H22FN3O3S.ClH/c17-13-4-6-14(7-5-13)24(22,23)20-11-9-19(10-12-20)16(21)15-3-1-2-8-18-15;/h4-7,15,18H,1-3,8-12H2;1H. The minimum absolute atomic E-state index is 0. The zero-order valence-electron chi connectivity index (χ0n) is 13.9. The molecule has 0 aromatic heterocycles. The molecular formula is C16H23ClFN3O3S. The number of carbonyl (C=O) groups excluding carboxylic acids is 1. The number of nitrogens with zero attached hydrogens (tertiary/aromatic N) is 2. The van der Waals surface area contributed by atoms with Gasteiger partial charge in [-0.2, -0.15) is 4.31 Å². The van der Waals surface area contributed by atoms with Crippen LogP contribution in [0.2, 0.25) is 0 Å². The molecule has 2 fully saturated rings. The lowest BCUT2D eigenvalue weighted by Gasteiger charge is -2.36. The molecule has 9 heteroatoms. The lowest BCUT2D eigenvalue weighted by Crippen LogP contribution is -2.55. The number of amides is 1. The zero-order valence-corrected chi connectivity index (χ0v) is 15.5. The fourth-order valence-corrected chi connectivity index (χ4v) is 4.61. The molecule has 2 aliphatic rings. The van der Waals surface area contributed by atoms with Gasteiger partial charge in [-0.25, -0.2) is 12.8 Å². The van der Waals surface area contributed by atoms with Gasteiger partial charge in [0.15, 0.2) is 0 Å². The van der Waals surface area contributed by atoms with E-state index in [1.165, 1.54) is 16.4 Å². The summed E-state index contributed by atoms with van der Waals surface area (Å²) in [6, 6.07) is 4.68. The first kappa shape index (κ1) is 20.1. The van der Waals surface area contributed by atoms with Gasteiger partial charge in [0.25, 0.3) is 0 Å². The molecule has 1 amide bonds.